The van der Waals surface area contributed by atoms with Gasteiger partial charge >= 0.3 is 17.8 Å². The first-order valence-corrected chi connectivity index (χ1v) is 11.0. The molecule has 0 aliphatic heterocycles. The zero-order valence-electron chi connectivity index (χ0n) is 17.5. The van der Waals surface area contributed by atoms with Crippen LogP contribution in [0.25, 0.3) is 27.5 Å². The van der Waals surface area contributed by atoms with Gasteiger partial charge in [0.25, 0.3) is 5.56 Å². The topological polar surface area (TPSA) is 117 Å². The summed E-state index contributed by atoms with van der Waals surface area (Å²) in [6.07, 6.45) is -4.75. The second-order valence-electron chi connectivity index (χ2n) is 7.75. The number of aromatic nitrogens is 3. The van der Waals surface area contributed by atoms with Gasteiger partial charge in [-0.25, -0.2) is 14.2 Å². The van der Waals surface area contributed by atoms with Gasteiger partial charge in [0.2, 0.25) is 0 Å². The largest absolute Gasteiger partial charge is 0.508 e. The highest BCUT2D eigenvalue weighted by atomic mass is 32.1. The van der Waals surface area contributed by atoms with Crippen molar-refractivity contribution in [2.75, 3.05) is 0 Å². The number of nitrogens with zero attached hydrogens (tertiary/aromatic N) is 2. The maximum absolute atomic E-state index is 13.5. The molecule has 35 heavy (non-hydrogen) atoms. The zero-order valence-corrected chi connectivity index (χ0v) is 18.3. The molecule has 12 heteroatoms. The van der Waals surface area contributed by atoms with Crippen LogP contribution in [0.3, 0.4) is 0 Å². The molecule has 0 atom stereocenters. The number of halogens is 3. The normalized spacial score (nSPS) is 12.0. The van der Waals surface area contributed by atoms with Gasteiger partial charge < -0.3 is 19.8 Å². The molecule has 0 spiro atoms. The second-order valence-corrected chi connectivity index (χ2v) is 8.50. The molecule has 0 fully saturated rings. The average Bonchev–Trinajstić information content (AvgIpc) is 3.38. The third-order valence-corrected chi connectivity index (χ3v) is 6.35. The van der Waals surface area contributed by atoms with Crippen LogP contribution in [0.5, 0.6) is 5.75 Å². The molecule has 0 bridgehead atoms. The van der Waals surface area contributed by atoms with Gasteiger partial charge in [0.05, 0.1) is 27.7 Å². The first kappa shape index (κ1) is 22.5. The lowest BCUT2D eigenvalue weighted by molar-refractivity contribution is -0.137. The van der Waals surface area contributed by atoms with E-state index in [0.717, 1.165) is 29.5 Å². The number of carboxylic acid groups (broad SMARTS) is 1. The third kappa shape index (κ3) is 3.67. The number of hydrogen-bond donors (Lipinski definition) is 3. The maximum atomic E-state index is 13.5. The summed E-state index contributed by atoms with van der Waals surface area (Å²) in [6, 6.07) is 8.44. The van der Waals surface area contributed by atoms with Crippen LogP contribution in [0.4, 0.5) is 13.2 Å². The number of fused-ring (bicyclic) bond motifs is 2. The highest BCUT2D eigenvalue weighted by Crippen LogP contribution is 2.36. The summed E-state index contributed by atoms with van der Waals surface area (Å²) in [5, 5.41) is 22.5. The number of aromatic amines is 1. The van der Waals surface area contributed by atoms with Crippen molar-refractivity contribution in [1.82, 2.24) is 14.1 Å². The third-order valence-electron chi connectivity index (χ3n) is 5.61. The minimum absolute atomic E-state index is 0.0257. The molecule has 0 radical (unpaired) electrons. The fourth-order valence-electron chi connectivity index (χ4n) is 4.05. The van der Waals surface area contributed by atoms with Crippen LogP contribution in [0.15, 0.2) is 62.8 Å². The molecule has 0 saturated heterocycles. The highest BCUT2D eigenvalue weighted by Gasteiger charge is 2.33. The molecular formula is C23H14F3N3O5S. The Morgan fingerprint density at radius 3 is 2.40 bits per heavy atom. The van der Waals surface area contributed by atoms with Crippen LogP contribution >= 0.6 is 11.3 Å². The Morgan fingerprint density at radius 2 is 1.74 bits per heavy atom. The number of carbonyl (C=O) groups is 1. The first-order valence-electron chi connectivity index (χ1n) is 10.0. The van der Waals surface area contributed by atoms with Crippen LogP contribution in [0.1, 0.15) is 21.6 Å². The smallest absolute Gasteiger partial charge is 0.416 e. The molecule has 178 valence electrons. The van der Waals surface area contributed by atoms with Gasteiger partial charge in [-0.15, -0.1) is 11.3 Å². The minimum Gasteiger partial charge on any atom is -0.508 e. The summed E-state index contributed by atoms with van der Waals surface area (Å²) >= 11 is 1.13. The van der Waals surface area contributed by atoms with Crippen molar-refractivity contribution in [2.45, 2.75) is 12.7 Å². The maximum Gasteiger partial charge on any atom is 0.416 e. The number of carboxylic acids is 1. The highest BCUT2D eigenvalue weighted by molar-refractivity contribution is 7.09. The van der Waals surface area contributed by atoms with E-state index in [1.165, 1.54) is 39.6 Å². The Bertz CT molecular complexity index is 1740. The monoisotopic (exact) mass is 501 g/mol. The Kier molecular flexibility index (Phi) is 5.06. The Hall–Kier alpha value is -4.32. The summed E-state index contributed by atoms with van der Waals surface area (Å²) in [7, 11) is 0. The molecule has 3 heterocycles. The summed E-state index contributed by atoms with van der Waals surface area (Å²) in [5.74, 6) is -1.57. The van der Waals surface area contributed by atoms with Crippen LogP contribution < -0.4 is 11.2 Å². The molecule has 0 aliphatic rings. The SMILES string of the molecule is O=C(O)c1c(-n2c(=O)[nH]c3cscc3c2=O)c2cc(C(F)(F)F)ccc2n1Cc1ccc(O)cc1. The van der Waals surface area contributed by atoms with Crippen LogP contribution in [-0.4, -0.2) is 30.3 Å². The van der Waals surface area contributed by atoms with Gasteiger partial charge in [-0.1, -0.05) is 12.1 Å². The quantitative estimate of drug-likeness (QED) is 0.342. The number of phenols is 1. The number of nitrogens with one attached hydrogen (secondary N) is 1. The number of aromatic hydroxyl groups is 1. The number of benzene rings is 2. The van der Waals surface area contributed by atoms with Crippen molar-refractivity contribution in [2.24, 2.45) is 0 Å². The molecule has 0 amide bonds. The van der Waals surface area contributed by atoms with Crippen molar-refractivity contribution in [3.8, 4) is 11.4 Å². The average molecular weight is 501 g/mol. The van der Waals surface area contributed by atoms with Crippen LogP contribution in [-0.2, 0) is 12.7 Å². The Labute approximate surface area is 196 Å². The summed E-state index contributed by atoms with van der Waals surface area (Å²) in [4.78, 5) is 41.1. The lowest BCUT2D eigenvalue weighted by atomic mass is 10.1. The lowest BCUT2D eigenvalue weighted by Gasteiger charge is -2.10. The first-order chi connectivity index (χ1) is 16.6. The van der Waals surface area contributed by atoms with Gasteiger partial charge in [-0.2, -0.15) is 13.2 Å². The van der Waals surface area contributed by atoms with E-state index in [-0.39, 0.29) is 34.1 Å². The van der Waals surface area contributed by atoms with E-state index in [2.05, 4.69) is 4.98 Å². The van der Waals surface area contributed by atoms with Crippen molar-refractivity contribution in [1.29, 1.82) is 0 Å². The van der Waals surface area contributed by atoms with E-state index >= 15 is 0 Å². The number of alkyl halides is 3. The lowest BCUT2D eigenvalue weighted by Crippen LogP contribution is -2.34. The van der Waals surface area contributed by atoms with Crippen LogP contribution in [0.2, 0.25) is 0 Å². The van der Waals surface area contributed by atoms with Gasteiger partial charge in [0, 0.05) is 22.7 Å². The number of aromatic carboxylic acids is 1. The van der Waals surface area contributed by atoms with Gasteiger partial charge in [-0.05, 0) is 35.9 Å². The molecule has 0 aliphatic carbocycles. The molecule has 2 aromatic carbocycles. The summed E-state index contributed by atoms with van der Waals surface area (Å²) in [5.41, 5.74) is -3.05. The molecular weight excluding hydrogens is 487 g/mol. The molecule has 5 rings (SSSR count). The fraction of sp³-hybridized carbons (Fsp3) is 0.0870. The van der Waals surface area contributed by atoms with Crippen molar-refractivity contribution >= 4 is 39.1 Å². The van der Waals surface area contributed by atoms with E-state index in [1.807, 2.05) is 0 Å². The van der Waals surface area contributed by atoms with E-state index in [0.29, 0.717) is 10.1 Å². The fourth-order valence-corrected chi connectivity index (χ4v) is 4.80. The molecule has 3 aromatic heterocycles. The Balaban J connectivity index is 1.92. The molecule has 3 N–H and O–H groups in total. The van der Waals surface area contributed by atoms with Gasteiger partial charge in [-0.3, -0.25) is 4.79 Å². The number of H-pyrrole nitrogens is 1. The number of phenolic OH excluding ortho intramolecular Hbond substituents is 1. The van der Waals surface area contributed by atoms with Gasteiger partial charge in [0.1, 0.15) is 5.75 Å². The van der Waals surface area contributed by atoms with Crippen molar-refractivity contribution in [3.63, 3.8) is 0 Å². The van der Waals surface area contributed by atoms with E-state index in [4.69, 9.17) is 0 Å². The van der Waals surface area contributed by atoms with Gasteiger partial charge in [0.15, 0.2) is 5.69 Å². The number of thiophene rings is 1. The van der Waals surface area contributed by atoms with Crippen LogP contribution in [0, 0.1) is 0 Å². The minimum atomic E-state index is -4.75. The van der Waals surface area contributed by atoms with E-state index in [1.54, 1.807) is 0 Å². The molecule has 8 nitrogen and oxygen atoms in total. The predicted molar refractivity (Wildman–Crippen MR) is 123 cm³/mol. The summed E-state index contributed by atoms with van der Waals surface area (Å²) in [6.45, 7) is -0.114. The predicted octanol–water partition coefficient (Wildman–Crippen LogP) is 4.17. The Morgan fingerprint density at radius 1 is 1.03 bits per heavy atom. The molecule has 0 unspecified atom stereocenters. The van der Waals surface area contributed by atoms with E-state index < -0.39 is 40.3 Å². The summed E-state index contributed by atoms with van der Waals surface area (Å²) < 4.78 is 42.4. The molecule has 0 saturated carbocycles. The zero-order chi connectivity index (χ0) is 25.1. The standard InChI is InChI=1S/C23H14F3N3O5S/c24-23(25,26)12-3-6-17-14(7-12)18(29-20(31)15-9-35-10-16(15)27-22(29)34)19(21(32)33)28(17)8-11-1-4-13(30)5-2-11/h1-7,9-10,30H,8H2,(H,27,34)(H,32,33). The van der Waals surface area contributed by atoms with E-state index in [9.17, 15) is 37.8 Å². The van der Waals surface area contributed by atoms with Crippen molar-refractivity contribution < 1.29 is 28.2 Å². The second kappa shape index (κ2) is 7.87. The van der Waals surface area contributed by atoms with Crippen molar-refractivity contribution in [3.05, 3.63) is 90.9 Å². The number of hydrogen-bond acceptors (Lipinski definition) is 5. The number of rotatable bonds is 4. The molecule has 5 aromatic rings.